The van der Waals surface area contributed by atoms with E-state index in [9.17, 15) is 14.4 Å². The van der Waals surface area contributed by atoms with E-state index in [1.165, 1.54) is 11.8 Å². The van der Waals surface area contributed by atoms with Gasteiger partial charge in [-0.15, -0.1) is 0 Å². The Hall–Kier alpha value is -3.15. The third-order valence-electron chi connectivity index (χ3n) is 3.98. The lowest BCUT2D eigenvalue weighted by molar-refractivity contribution is -0.155. The van der Waals surface area contributed by atoms with Crippen LogP contribution in [0.25, 0.3) is 0 Å². The van der Waals surface area contributed by atoms with Gasteiger partial charge in [-0.05, 0) is 43.3 Å². The molecule has 2 aromatic carbocycles. The Morgan fingerprint density at radius 1 is 1.00 bits per heavy atom. The molecule has 0 fully saturated rings. The van der Waals surface area contributed by atoms with Crippen LogP contribution in [0, 0.1) is 0 Å². The van der Waals surface area contributed by atoms with Gasteiger partial charge in [-0.2, -0.15) is 0 Å². The van der Waals surface area contributed by atoms with Gasteiger partial charge in [0.05, 0.1) is 0 Å². The van der Waals surface area contributed by atoms with Crippen molar-refractivity contribution in [3.63, 3.8) is 0 Å². The lowest BCUT2D eigenvalue weighted by Gasteiger charge is -2.21. The predicted octanol–water partition coefficient (Wildman–Crippen LogP) is 3.25. The normalized spacial score (nSPS) is 11.4. The van der Waals surface area contributed by atoms with Crippen molar-refractivity contribution < 1.29 is 23.9 Å². The number of anilines is 1. The largest absolute Gasteiger partial charge is 0.482 e. The number of carbonyl (C=O) groups excluding carboxylic acids is 3. The van der Waals surface area contributed by atoms with Crippen LogP contribution in [0.4, 0.5) is 5.69 Å². The van der Waals surface area contributed by atoms with Crippen molar-refractivity contribution >= 4 is 23.3 Å². The average Bonchev–Trinajstić information content (AvgIpc) is 2.71. The molecule has 0 heterocycles. The fourth-order valence-corrected chi connectivity index (χ4v) is 2.42. The fraction of sp³-hybridized carbons (Fsp3) is 0.286. The molecule has 0 unspecified atom stereocenters. The predicted molar refractivity (Wildman–Crippen MR) is 102 cm³/mol. The third kappa shape index (κ3) is 5.67. The molecule has 6 nitrogen and oxygen atoms in total. The van der Waals surface area contributed by atoms with Gasteiger partial charge in [-0.1, -0.05) is 25.1 Å². The Bertz CT molecular complexity index is 786. The van der Waals surface area contributed by atoms with Gasteiger partial charge in [0.1, 0.15) is 5.75 Å². The maximum absolute atomic E-state index is 12.4. The van der Waals surface area contributed by atoms with E-state index >= 15 is 0 Å². The Balaban J connectivity index is 1.84. The summed E-state index contributed by atoms with van der Waals surface area (Å²) in [5.41, 5.74) is 1.30. The molecule has 0 spiro atoms. The van der Waals surface area contributed by atoms with Crippen LogP contribution in [0.1, 0.15) is 30.6 Å². The summed E-state index contributed by atoms with van der Waals surface area (Å²) in [4.78, 5) is 37.3. The highest BCUT2D eigenvalue weighted by Gasteiger charge is 2.22. The number of benzene rings is 2. The SMILES string of the molecule is CCC(=O)c1ccc(OCC(=O)O[C@@H](C)C(=O)N(C)c2ccccc2)cc1. The van der Waals surface area contributed by atoms with E-state index in [1.54, 1.807) is 50.4 Å². The van der Waals surface area contributed by atoms with Gasteiger partial charge in [0.15, 0.2) is 18.5 Å². The summed E-state index contributed by atoms with van der Waals surface area (Å²) < 4.78 is 10.5. The van der Waals surface area contributed by atoms with Crippen molar-refractivity contribution in [2.45, 2.75) is 26.4 Å². The maximum Gasteiger partial charge on any atom is 0.344 e. The van der Waals surface area contributed by atoms with Crippen LogP contribution in [0.5, 0.6) is 5.75 Å². The zero-order valence-electron chi connectivity index (χ0n) is 15.7. The first-order valence-corrected chi connectivity index (χ1v) is 8.70. The van der Waals surface area contributed by atoms with Crippen LogP contribution < -0.4 is 9.64 Å². The van der Waals surface area contributed by atoms with Gasteiger partial charge in [-0.3, -0.25) is 9.59 Å². The average molecular weight is 369 g/mol. The van der Waals surface area contributed by atoms with Crippen molar-refractivity contribution in [3.8, 4) is 5.75 Å². The zero-order chi connectivity index (χ0) is 19.8. The number of likely N-dealkylation sites (N-methyl/N-ethyl adjacent to an activating group) is 1. The molecule has 0 saturated carbocycles. The summed E-state index contributed by atoms with van der Waals surface area (Å²) in [6, 6.07) is 15.6. The highest BCUT2D eigenvalue weighted by molar-refractivity contribution is 5.97. The number of hydrogen-bond acceptors (Lipinski definition) is 5. The monoisotopic (exact) mass is 369 g/mol. The van der Waals surface area contributed by atoms with E-state index in [4.69, 9.17) is 9.47 Å². The third-order valence-corrected chi connectivity index (χ3v) is 3.98. The number of esters is 1. The number of rotatable bonds is 8. The van der Waals surface area contributed by atoms with Crippen molar-refractivity contribution in [1.82, 2.24) is 0 Å². The van der Waals surface area contributed by atoms with Crippen LogP contribution in [-0.4, -0.2) is 37.4 Å². The van der Waals surface area contributed by atoms with Gasteiger partial charge in [0.25, 0.3) is 5.91 Å². The first kappa shape index (κ1) is 20.2. The smallest absolute Gasteiger partial charge is 0.344 e. The standard InChI is InChI=1S/C21H23NO5/c1-4-19(23)16-10-12-18(13-11-16)26-14-20(24)27-15(2)21(25)22(3)17-8-6-5-7-9-17/h5-13,15H,4,14H2,1-3H3/t15-/m0/s1. The minimum atomic E-state index is -0.934. The first-order valence-electron chi connectivity index (χ1n) is 8.70. The van der Waals surface area contributed by atoms with E-state index in [1.807, 2.05) is 18.2 Å². The van der Waals surface area contributed by atoms with E-state index in [2.05, 4.69) is 0 Å². The van der Waals surface area contributed by atoms with Crippen LogP contribution in [0.3, 0.4) is 0 Å². The molecule has 1 amide bonds. The summed E-state index contributed by atoms with van der Waals surface area (Å²) in [7, 11) is 1.62. The number of ketones is 1. The molecular formula is C21H23NO5. The molecule has 0 aromatic heterocycles. The number of carbonyl (C=O) groups is 3. The molecular weight excluding hydrogens is 346 g/mol. The summed E-state index contributed by atoms with van der Waals surface area (Å²) in [6.45, 7) is 2.99. The van der Waals surface area contributed by atoms with Crippen LogP contribution >= 0.6 is 0 Å². The van der Waals surface area contributed by atoms with Crippen LogP contribution in [0.2, 0.25) is 0 Å². The molecule has 142 valence electrons. The van der Waals surface area contributed by atoms with Gasteiger partial charge in [0.2, 0.25) is 0 Å². The number of hydrogen-bond donors (Lipinski definition) is 0. The summed E-state index contributed by atoms with van der Waals surface area (Å²) >= 11 is 0. The molecule has 2 aromatic rings. The molecule has 0 aliphatic heterocycles. The molecule has 6 heteroatoms. The number of amides is 1. The van der Waals surface area contributed by atoms with Gasteiger partial charge in [-0.25, -0.2) is 4.79 Å². The molecule has 0 aliphatic carbocycles. The summed E-state index contributed by atoms with van der Waals surface area (Å²) in [6.07, 6.45) is -0.508. The Labute approximate surface area is 158 Å². The van der Waals surface area contributed by atoms with E-state index in [0.29, 0.717) is 23.4 Å². The molecule has 0 N–H and O–H groups in total. The lowest BCUT2D eigenvalue weighted by atomic mass is 10.1. The second-order valence-corrected chi connectivity index (χ2v) is 5.95. The van der Waals surface area contributed by atoms with Crippen LogP contribution in [0.15, 0.2) is 54.6 Å². The van der Waals surface area contributed by atoms with Crippen molar-refractivity contribution in [2.24, 2.45) is 0 Å². The number of ether oxygens (including phenoxy) is 2. The van der Waals surface area contributed by atoms with Crippen molar-refractivity contribution in [3.05, 3.63) is 60.2 Å². The number of para-hydroxylation sites is 1. The van der Waals surface area contributed by atoms with Crippen molar-refractivity contribution in [1.29, 1.82) is 0 Å². The highest BCUT2D eigenvalue weighted by Crippen LogP contribution is 2.15. The molecule has 0 bridgehead atoms. The molecule has 0 saturated heterocycles. The van der Waals surface area contributed by atoms with Gasteiger partial charge < -0.3 is 14.4 Å². The molecule has 0 aliphatic rings. The molecule has 27 heavy (non-hydrogen) atoms. The molecule has 2 rings (SSSR count). The zero-order valence-corrected chi connectivity index (χ0v) is 15.7. The highest BCUT2D eigenvalue weighted by atomic mass is 16.6. The number of Topliss-reactive ketones (excluding diaryl/α,β-unsaturated/α-hetero) is 1. The maximum atomic E-state index is 12.4. The molecule has 1 atom stereocenters. The summed E-state index contributed by atoms with van der Waals surface area (Å²) in [5.74, 6) is -0.501. The van der Waals surface area contributed by atoms with Crippen LogP contribution in [-0.2, 0) is 14.3 Å². The topological polar surface area (TPSA) is 72.9 Å². The van der Waals surface area contributed by atoms with E-state index < -0.39 is 12.1 Å². The minimum Gasteiger partial charge on any atom is -0.482 e. The Morgan fingerprint density at radius 2 is 1.63 bits per heavy atom. The van der Waals surface area contributed by atoms with Gasteiger partial charge in [0, 0.05) is 24.7 Å². The molecule has 0 radical (unpaired) electrons. The fourth-order valence-electron chi connectivity index (χ4n) is 2.42. The van der Waals surface area contributed by atoms with E-state index in [-0.39, 0.29) is 18.3 Å². The second kappa shape index (κ2) is 9.52. The quantitative estimate of drug-likeness (QED) is 0.527. The van der Waals surface area contributed by atoms with Gasteiger partial charge >= 0.3 is 5.97 Å². The Kier molecular flexibility index (Phi) is 7.11. The summed E-state index contributed by atoms with van der Waals surface area (Å²) in [5, 5.41) is 0. The number of nitrogens with zero attached hydrogens (tertiary/aromatic N) is 1. The lowest BCUT2D eigenvalue weighted by Crippen LogP contribution is -2.38. The second-order valence-electron chi connectivity index (χ2n) is 5.95. The Morgan fingerprint density at radius 3 is 2.22 bits per heavy atom. The first-order chi connectivity index (χ1) is 12.9. The van der Waals surface area contributed by atoms with E-state index in [0.717, 1.165) is 0 Å². The van der Waals surface area contributed by atoms with Crippen molar-refractivity contribution in [2.75, 3.05) is 18.6 Å². The minimum absolute atomic E-state index is 0.0378.